The molecule has 6 heteroatoms. The van der Waals surface area contributed by atoms with E-state index in [2.05, 4.69) is 70.2 Å². The molecule has 0 amide bonds. The second-order valence-electron chi connectivity index (χ2n) is 10.8. The largest absolute Gasteiger partial charge is 0.472 e. The third-order valence-corrected chi connectivity index (χ3v) is 8.15. The number of hydrogen-bond acceptors (Lipinski definition) is 5. The number of furan rings is 2. The van der Waals surface area contributed by atoms with E-state index in [9.17, 15) is 0 Å². The molecule has 9 aromatic rings. The molecule has 0 aliphatic rings. The first-order chi connectivity index (χ1) is 21.8. The van der Waals surface area contributed by atoms with Crippen LogP contribution >= 0.6 is 0 Å². The van der Waals surface area contributed by atoms with Gasteiger partial charge < -0.3 is 17.8 Å². The Bertz CT molecular complexity index is 2430. The molecule has 0 fully saturated rings. The number of aromatic nitrogens is 3. The average Bonchev–Trinajstić information content (AvgIpc) is 3.90. The molecule has 5 heterocycles. The van der Waals surface area contributed by atoms with Crippen molar-refractivity contribution in [3.8, 4) is 50.7 Å². The van der Waals surface area contributed by atoms with E-state index >= 15 is 0 Å². The van der Waals surface area contributed by atoms with Gasteiger partial charge >= 0.3 is 0 Å². The molecular formula is C38H23N3O3. The molecule has 208 valence electrons. The minimum Gasteiger partial charge on any atom is -0.472 e. The van der Waals surface area contributed by atoms with Crippen molar-refractivity contribution in [2.75, 3.05) is 0 Å². The quantitative estimate of drug-likeness (QED) is 0.206. The van der Waals surface area contributed by atoms with Gasteiger partial charge in [-0.25, -0.2) is 4.98 Å². The van der Waals surface area contributed by atoms with Crippen LogP contribution in [0.2, 0.25) is 0 Å². The summed E-state index contributed by atoms with van der Waals surface area (Å²) in [5.41, 5.74) is 11.6. The van der Waals surface area contributed by atoms with Crippen LogP contribution in [0.25, 0.3) is 83.6 Å². The van der Waals surface area contributed by atoms with Crippen LogP contribution in [-0.4, -0.2) is 14.5 Å². The molecule has 0 bridgehead atoms. The number of nitrogens with zero attached hydrogens (tertiary/aromatic N) is 3. The molecular weight excluding hydrogens is 546 g/mol. The molecule has 5 aromatic heterocycles. The molecule has 44 heavy (non-hydrogen) atoms. The van der Waals surface area contributed by atoms with Gasteiger partial charge in [0.25, 0.3) is 0 Å². The zero-order valence-electron chi connectivity index (χ0n) is 23.3. The van der Waals surface area contributed by atoms with Gasteiger partial charge in [-0.2, -0.15) is 0 Å². The van der Waals surface area contributed by atoms with Gasteiger partial charge in [-0.3, -0.25) is 4.98 Å². The van der Waals surface area contributed by atoms with Crippen molar-refractivity contribution in [1.82, 2.24) is 14.5 Å². The molecule has 6 nitrogen and oxygen atoms in total. The molecule has 0 atom stereocenters. The van der Waals surface area contributed by atoms with Gasteiger partial charge in [-0.1, -0.05) is 36.4 Å². The fraction of sp³-hybridized carbons (Fsp3) is 0. The molecule has 0 spiro atoms. The Kier molecular flexibility index (Phi) is 5.40. The Morgan fingerprint density at radius 1 is 0.545 bits per heavy atom. The predicted molar refractivity (Wildman–Crippen MR) is 172 cm³/mol. The van der Waals surface area contributed by atoms with Crippen LogP contribution in [0.1, 0.15) is 0 Å². The second kappa shape index (κ2) is 9.71. The summed E-state index contributed by atoms with van der Waals surface area (Å²) in [6.45, 7) is 0. The highest BCUT2D eigenvalue weighted by atomic mass is 16.3. The summed E-state index contributed by atoms with van der Waals surface area (Å²) in [6.07, 6.45) is 8.70. The van der Waals surface area contributed by atoms with Gasteiger partial charge in [0.2, 0.25) is 5.89 Å². The first-order valence-corrected chi connectivity index (χ1v) is 14.3. The van der Waals surface area contributed by atoms with Gasteiger partial charge in [0.1, 0.15) is 5.52 Å². The lowest BCUT2D eigenvalue weighted by Crippen LogP contribution is -1.96. The fourth-order valence-electron chi connectivity index (χ4n) is 6.06. The topological polar surface area (TPSA) is 70.1 Å². The standard InChI is InChI=1S/C38H23N3O3/c1-2-7-35-31(5-1)32-10-8-25(38-40-34-11-9-24(21-37(34)44-38)26-12-15-42-22-26)20-36(32)41(35)30-18-28(27-13-16-43-23-27)17-29(19-30)33-6-3-4-14-39-33/h1-23H. The average molecular weight is 570 g/mol. The molecule has 0 radical (unpaired) electrons. The summed E-state index contributed by atoms with van der Waals surface area (Å²) in [4.78, 5) is 9.51. The van der Waals surface area contributed by atoms with Gasteiger partial charge in [0.15, 0.2) is 5.58 Å². The van der Waals surface area contributed by atoms with Crippen LogP contribution in [-0.2, 0) is 0 Å². The van der Waals surface area contributed by atoms with Crippen LogP contribution in [0.5, 0.6) is 0 Å². The zero-order valence-corrected chi connectivity index (χ0v) is 23.3. The highest BCUT2D eigenvalue weighted by Crippen LogP contribution is 2.38. The van der Waals surface area contributed by atoms with Crippen LogP contribution in [0.15, 0.2) is 154 Å². The predicted octanol–water partition coefficient (Wildman–Crippen LogP) is 10.2. The van der Waals surface area contributed by atoms with Crippen molar-refractivity contribution in [1.29, 1.82) is 0 Å². The van der Waals surface area contributed by atoms with E-state index in [0.717, 1.165) is 72.3 Å². The van der Waals surface area contributed by atoms with Crippen LogP contribution in [0.4, 0.5) is 0 Å². The van der Waals surface area contributed by atoms with Crippen molar-refractivity contribution in [3.63, 3.8) is 0 Å². The monoisotopic (exact) mass is 569 g/mol. The van der Waals surface area contributed by atoms with Crippen LogP contribution in [0.3, 0.4) is 0 Å². The lowest BCUT2D eigenvalue weighted by atomic mass is 10.0. The molecule has 0 saturated heterocycles. The number of fused-ring (bicyclic) bond motifs is 4. The molecule has 4 aromatic carbocycles. The summed E-state index contributed by atoms with van der Waals surface area (Å²) in [7, 11) is 0. The van der Waals surface area contributed by atoms with Crippen molar-refractivity contribution < 1.29 is 13.3 Å². The Hall–Kier alpha value is -6.14. The van der Waals surface area contributed by atoms with Gasteiger partial charge in [0, 0.05) is 44.9 Å². The minimum absolute atomic E-state index is 0.573. The lowest BCUT2D eigenvalue weighted by Gasteiger charge is -2.13. The maximum atomic E-state index is 6.34. The van der Waals surface area contributed by atoms with Gasteiger partial charge in [0.05, 0.1) is 41.8 Å². The van der Waals surface area contributed by atoms with Crippen molar-refractivity contribution >= 4 is 32.9 Å². The van der Waals surface area contributed by atoms with Crippen molar-refractivity contribution in [2.45, 2.75) is 0 Å². The smallest absolute Gasteiger partial charge is 0.227 e. The summed E-state index contributed by atoms with van der Waals surface area (Å²) < 4.78 is 19.4. The summed E-state index contributed by atoms with van der Waals surface area (Å²) in [6, 6.07) is 37.4. The molecule has 0 saturated carbocycles. The van der Waals surface area contributed by atoms with E-state index in [4.69, 9.17) is 18.2 Å². The van der Waals surface area contributed by atoms with E-state index in [1.54, 1.807) is 25.1 Å². The Morgan fingerprint density at radius 2 is 1.32 bits per heavy atom. The normalized spacial score (nSPS) is 11.6. The molecule has 0 N–H and O–H groups in total. The van der Waals surface area contributed by atoms with Crippen LogP contribution in [0, 0.1) is 0 Å². The first kappa shape index (κ1) is 24.5. The van der Waals surface area contributed by atoms with E-state index in [-0.39, 0.29) is 0 Å². The Labute approximate surface area is 251 Å². The number of para-hydroxylation sites is 1. The van der Waals surface area contributed by atoms with E-state index in [1.807, 2.05) is 54.7 Å². The second-order valence-corrected chi connectivity index (χ2v) is 10.8. The van der Waals surface area contributed by atoms with E-state index < -0.39 is 0 Å². The van der Waals surface area contributed by atoms with Gasteiger partial charge in [-0.15, -0.1) is 0 Å². The molecule has 0 unspecified atom stereocenters. The van der Waals surface area contributed by atoms with Crippen molar-refractivity contribution in [3.05, 3.63) is 140 Å². The number of pyridine rings is 1. The third kappa shape index (κ3) is 3.96. The Balaban J connectivity index is 1.26. The first-order valence-electron chi connectivity index (χ1n) is 14.3. The highest BCUT2D eigenvalue weighted by molar-refractivity contribution is 6.10. The lowest BCUT2D eigenvalue weighted by molar-refractivity contribution is 0.568. The molecule has 0 aliphatic heterocycles. The summed E-state index contributed by atoms with van der Waals surface area (Å²) >= 11 is 0. The highest BCUT2D eigenvalue weighted by Gasteiger charge is 2.17. The third-order valence-electron chi connectivity index (χ3n) is 8.15. The maximum absolute atomic E-state index is 6.34. The maximum Gasteiger partial charge on any atom is 0.227 e. The number of hydrogen-bond donors (Lipinski definition) is 0. The van der Waals surface area contributed by atoms with E-state index in [1.165, 1.54) is 5.39 Å². The zero-order chi connectivity index (χ0) is 29.0. The van der Waals surface area contributed by atoms with E-state index in [0.29, 0.717) is 5.89 Å². The SMILES string of the molecule is c1ccc(-c2cc(-c3ccoc3)cc(-n3c4ccccc4c4ccc(-c5nc6ccc(-c7ccoc7)cc6o5)cc43)c2)nc1. The number of rotatable bonds is 5. The molecule has 0 aliphatic carbocycles. The van der Waals surface area contributed by atoms with Crippen molar-refractivity contribution in [2.24, 2.45) is 0 Å². The number of benzene rings is 4. The number of oxazole rings is 1. The molecule has 9 rings (SSSR count). The van der Waals surface area contributed by atoms with Crippen LogP contribution < -0.4 is 0 Å². The van der Waals surface area contributed by atoms with Gasteiger partial charge in [-0.05, 0) is 83.9 Å². The summed E-state index contributed by atoms with van der Waals surface area (Å²) in [5, 5.41) is 2.32. The fourth-order valence-corrected chi connectivity index (χ4v) is 6.06. The minimum atomic E-state index is 0.573. The summed E-state index contributed by atoms with van der Waals surface area (Å²) in [5.74, 6) is 0.573. The Morgan fingerprint density at radius 3 is 2.14 bits per heavy atom.